The summed E-state index contributed by atoms with van der Waals surface area (Å²) < 4.78 is 0. The van der Waals surface area contributed by atoms with Crippen molar-refractivity contribution in [2.75, 3.05) is 26.2 Å². The topological polar surface area (TPSA) is 66.4 Å². The van der Waals surface area contributed by atoms with E-state index in [0.29, 0.717) is 24.2 Å². The van der Waals surface area contributed by atoms with Crippen LogP contribution in [0.5, 0.6) is 0 Å². The summed E-state index contributed by atoms with van der Waals surface area (Å²) >= 11 is 0. The predicted molar refractivity (Wildman–Crippen MR) is 110 cm³/mol. The molecule has 0 saturated carbocycles. The first-order chi connectivity index (χ1) is 14.1. The average molecular weight is 393 g/mol. The summed E-state index contributed by atoms with van der Waals surface area (Å²) in [6, 6.07) is 10.3. The monoisotopic (exact) mass is 392 g/mol. The van der Waals surface area contributed by atoms with Gasteiger partial charge in [-0.05, 0) is 38.2 Å². The molecule has 0 N–H and O–H groups in total. The van der Waals surface area contributed by atoms with Gasteiger partial charge in [0.2, 0.25) is 5.91 Å². The summed E-state index contributed by atoms with van der Waals surface area (Å²) in [5.74, 6) is 0.247. The predicted octanol–water partition coefficient (Wildman–Crippen LogP) is 2.87. The van der Waals surface area contributed by atoms with Crippen molar-refractivity contribution in [1.29, 1.82) is 0 Å². The van der Waals surface area contributed by atoms with Gasteiger partial charge in [0.25, 0.3) is 5.91 Å². The number of aromatic nitrogens is 2. The lowest BCUT2D eigenvalue weighted by atomic mass is 9.73. The SMILES string of the molecule is Cc1ncncc1C(=O)N1CCC[C@@]2(CCC(=O)N(CCc3ccccc3)C2)C1. The maximum atomic E-state index is 13.1. The zero-order chi connectivity index (χ0) is 20.3. The van der Waals surface area contributed by atoms with Crippen molar-refractivity contribution in [3.05, 3.63) is 59.7 Å². The number of benzene rings is 1. The third-order valence-electron chi connectivity index (χ3n) is 6.35. The van der Waals surface area contributed by atoms with E-state index in [9.17, 15) is 9.59 Å². The number of carbonyl (C=O) groups excluding carboxylic acids is 2. The highest BCUT2D eigenvalue weighted by Gasteiger charge is 2.42. The van der Waals surface area contributed by atoms with Crippen LogP contribution in [0.3, 0.4) is 0 Å². The van der Waals surface area contributed by atoms with Crippen LogP contribution in [0.25, 0.3) is 0 Å². The van der Waals surface area contributed by atoms with Gasteiger partial charge in [-0.3, -0.25) is 9.59 Å². The van der Waals surface area contributed by atoms with Crippen molar-refractivity contribution >= 4 is 11.8 Å². The van der Waals surface area contributed by atoms with Crippen LogP contribution >= 0.6 is 0 Å². The van der Waals surface area contributed by atoms with Crippen molar-refractivity contribution in [3.63, 3.8) is 0 Å². The number of nitrogens with zero attached hydrogens (tertiary/aromatic N) is 4. The van der Waals surface area contributed by atoms with Crippen molar-refractivity contribution in [2.24, 2.45) is 5.41 Å². The van der Waals surface area contributed by atoms with Crippen LogP contribution in [0.4, 0.5) is 0 Å². The number of hydrogen-bond acceptors (Lipinski definition) is 4. The van der Waals surface area contributed by atoms with Crippen LogP contribution in [0, 0.1) is 12.3 Å². The first-order valence-corrected chi connectivity index (χ1v) is 10.4. The molecule has 2 aliphatic heterocycles. The fraction of sp³-hybridized carbons (Fsp3) is 0.478. The minimum Gasteiger partial charge on any atom is -0.342 e. The molecule has 152 valence electrons. The van der Waals surface area contributed by atoms with Gasteiger partial charge in [-0.15, -0.1) is 0 Å². The van der Waals surface area contributed by atoms with Gasteiger partial charge in [0, 0.05) is 44.2 Å². The van der Waals surface area contributed by atoms with Gasteiger partial charge < -0.3 is 9.80 Å². The van der Waals surface area contributed by atoms with Crippen molar-refractivity contribution in [3.8, 4) is 0 Å². The summed E-state index contributed by atoms with van der Waals surface area (Å²) in [7, 11) is 0. The number of aryl methyl sites for hydroxylation is 1. The van der Waals surface area contributed by atoms with Crippen LogP contribution in [0.1, 0.15) is 47.3 Å². The first-order valence-electron chi connectivity index (χ1n) is 10.4. The third-order valence-corrected chi connectivity index (χ3v) is 6.35. The lowest BCUT2D eigenvalue weighted by Crippen LogP contribution is -2.55. The van der Waals surface area contributed by atoms with Crippen LogP contribution in [-0.4, -0.2) is 57.8 Å². The van der Waals surface area contributed by atoms with Gasteiger partial charge in [0.15, 0.2) is 0 Å². The second-order valence-corrected chi connectivity index (χ2v) is 8.40. The normalized spacial score (nSPS) is 22.2. The molecule has 0 unspecified atom stereocenters. The number of hydrogen-bond donors (Lipinski definition) is 0. The van der Waals surface area contributed by atoms with Crippen molar-refractivity contribution in [2.45, 2.75) is 39.0 Å². The largest absolute Gasteiger partial charge is 0.342 e. The molecule has 6 nitrogen and oxygen atoms in total. The number of amides is 2. The minimum absolute atomic E-state index is 0.00203. The molecule has 1 aromatic carbocycles. The molecule has 6 heteroatoms. The summed E-state index contributed by atoms with van der Waals surface area (Å²) in [6.45, 7) is 4.79. The van der Waals surface area contributed by atoms with Crippen LogP contribution in [0.15, 0.2) is 42.9 Å². The Hall–Kier alpha value is -2.76. The Kier molecular flexibility index (Phi) is 5.60. The van der Waals surface area contributed by atoms with E-state index in [0.717, 1.165) is 45.3 Å². The fourth-order valence-corrected chi connectivity index (χ4v) is 4.70. The van der Waals surface area contributed by atoms with E-state index < -0.39 is 0 Å². The molecule has 4 rings (SSSR count). The molecule has 1 atom stereocenters. The summed E-state index contributed by atoms with van der Waals surface area (Å²) in [6.07, 6.45) is 7.43. The molecule has 2 amide bonds. The average Bonchev–Trinajstić information content (AvgIpc) is 2.75. The van der Waals surface area contributed by atoms with Crippen LogP contribution < -0.4 is 0 Å². The summed E-state index contributed by atoms with van der Waals surface area (Å²) in [4.78, 5) is 37.8. The molecule has 1 spiro atoms. The molecule has 0 radical (unpaired) electrons. The molecule has 29 heavy (non-hydrogen) atoms. The Bertz CT molecular complexity index is 885. The maximum absolute atomic E-state index is 13.1. The Morgan fingerprint density at radius 2 is 2.00 bits per heavy atom. The van der Waals surface area contributed by atoms with Gasteiger partial charge >= 0.3 is 0 Å². The standard InChI is InChI=1S/C23H28N4O2/c1-18-20(14-24-17-25-18)22(29)27-12-5-10-23(16-27)11-8-21(28)26(15-23)13-9-19-6-3-2-4-7-19/h2-4,6-7,14,17H,5,8-13,15-16H2,1H3/t23-/m0/s1. The molecule has 0 aliphatic carbocycles. The molecular weight excluding hydrogens is 364 g/mol. The zero-order valence-electron chi connectivity index (χ0n) is 17.0. The number of likely N-dealkylation sites (tertiary alicyclic amines) is 2. The Balaban J connectivity index is 1.44. The van der Waals surface area contributed by atoms with Crippen molar-refractivity contribution in [1.82, 2.24) is 19.8 Å². The lowest BCUT2D eigenvalue weighted by Gasteiger charge is -2.48. The summed E-state index contributed by atoms with van der Waals surface area (Å²) in [5, 5.41) is 0. The zero-order valence-corrected chi connectivity index (χ0v) is 17.0. The Morgan fingerprint density at radius 1 is 1.17 bits per heavy atom. The molecule has 3 heterocycles. The minimum atomic E-state index is 0.00203. The number of piperidine rings is 2. The van der Waals surface area contributed by atoms with Crippen LogP contribution in [0.2, 0.25) is 0 Å². The molecule has 2 saturated heterocycles. The maximum Gasteiger partial charge on any atom is 0.257 e. The van der Waals surface area contributed by atoms with Crippen molar-refractivity contribution < 1.29 is 9.59 Å². The van der Waals surface area contributed by atoms with E-state index in [1.165, 1.54) is 11.9 Å². The molecule has 2 aromatic rings. The highest BCUT2D eigenvalue weighted by molar-refractivity contribution is 5.95. The highest BCUT2D eigenvalue weighted by Crippen LogP contribution is 2.39. The highest BCUT2D eigenvalue weighted by atomic mass is 16.2. The first kappa shape index (κ1) is 19.6. The van der Waals surface area contributed by atoms with Gasteiger partial charge in [-0.25, -0.2) is 9.97 Å². The van der Waals surface area contributed by atoms with E-state index in [-0.39, 0.29) is 17.2 Å². The molecule has 2 aliphatic rings. The molecular formula is C23H28N4O2. The van der Waals surface area contributed by atoms with E-state index in [4.69, 9.17) is 0 Å². The second kappa shape index (κ2) is 8.31. The van der Waals surface area contributed by atoms with E-state index >= 15 is 0 Å². The molecule has 0 bridgehead atoms. The Labute approximate surface area is 172 Å². The summed E-state index contributed by atoms with van der Waals surface area (Å²) in [5.41, 5.74) is 2.55. The second-order valence-electron chi connectivity index (χ2n) is 8.40. The van der Waals surface area contributed by atoms with Gasteiger partial charge in [0.05, 0.1) is 11.3 Å². The van der Waals surface area contributed by atoms with Gasteiger partial charge in [0.1, 0.15) is 6.33 Å². The fourth-order valence-electron chi connectivity index (χ4n) is 4.70. The lowest BCUT2D eigenvalue weighted by molar-refractivity contribution is -0.138. The smallest absolute Gasteiger partial charge is 0.257 e. The van der Waals surface area contributed by atoms with Gasteiger partial charge in [-0.2, -0.15) is 0 Å². The van der Waals surface area contributed by atoms with E-state index in [1.54, 1.807) is 6.20 Å². The van der Waals surface area contributed by atoms with E-state index in [2.05, 4.69) is 22.1 Å². The van der Waals surface area contributed by atoms with Crippen LogP contribution in [-0.2, 0) is 11.2 Å². The van der Waals surface area contributed by atoms with Gasteiger partial charge in [-0.1, -0.05) is 30.3 Å². The molecule has 1 aromatic heterocycles. The number of rotatable bonds is 4. The Morgan fingerprint density at radius 3 is 2.79 bits per heavy atom. The quantitative estimate of drug-likeness (QED) is 0.802. The molecule has 2 fully saturated rings. The number of carbonyl (C=O) groups is 2. The van der Waals surface area contributed by atoms with E-state index in [1.807, 2.05) is 34.9 Å². The third kappa shape index (κ3) is 4.31.